The van der Waals surface area contributed by atoms with Crippen LogP contribution in [0.15, 0.2) is 42.5 Å². The third kappa shape index (κ3) is 1.39. The summed E-state index contributed by atoms with van der Waals surface area (Å²) in [6, 6.07) is 8.19. The molecule has 4 rings (SSSR count). The van der Waals surface area contributed by atoms with Gasteiger partial charge in [-0.3, -0.25) is 0 Å². The molecule has 1 aromatic carbocycles. The van der Waals surface area contributed by atoms with Crippen molar-refractivity contribution in [2.45, 2.75) is 12.8 Å². The molecule has 2 bridgehead atoms. The van der Waals surface area contributed by atoms with E-state index in [4.69, 9.17) is 5.73 Å². The van der Waals surface area contributed by atoms with Crippen molar-refractivity contribution in [2.75, 3.05) is 5.73 Å². The van der Waals surface area contributed by atoms with Crippen LogP contribution in [-0.4, -0.2) is 0 Å². The van der Waals surface area contributed by atoms with Crippen molar-refractivity contribution in [2.24, 2.45) is 11.8 Å². The first kappa shape index (κ1) is 8.78. The molecule has 0 saturated carbocycles. The zero-order valence-corrected chi connectivity index (χ0v) is 8.69. The van der Waals surface area contributed by atoms with Crippen molar-refractivity contribution in [3.63, 3.8) is 0 Å². The predicted molar refractivity (Wildman–Crippen MR) is 64.2 cm³/mol. The van der Waals surface area contributed by atoms with Gasteiger partial charge in [-0.25, -0.2) is 0 Å². The first-order chi connectivity index (χ1) is 7.34. The van der Waals surface area contributed by atoms with Crippen LogP contribution in [0, 0.1) is 11.8 Å². The highest BCUT2D eigenvalue weighted by Gasteiger charge is 2.25. The summed E-state index contributed by atoms with van der Waals surface area (Å²) in [6.45, 7) is 0. The summed E-state index contributed by atoms with van der Waals surface area (Å²) < 4.78 is 0. The number of benzene rings is 1. The fraction of sp³-hybridized carbons (Fsp3) is 0.286. The van der Waals surface area contributed by atoms with E-state index in [1.165, 1.54) is 24.0 Å². The maximum absolute atomic E-state index is 6.02. The lowest BCUT2D eigenvalue weighted by atomic mass is 9.74. The minimum Gasteiger partial charge on any atom is -0.398 e. The summed E-state index contributed by atoms with van der Waals surface area (Å²) in [6.07, 6.45) is 9.64. The standard InChI is InChI=1S/C14H15N/c15-14-4-2-1-3-12(14)13-9-10-5-7-11(13)8-6-10/h1-5,7,9-11H,6,8,15H2. The Morgan fingerprint density at radius 2 is 1.93 bits per heavy atom. The molecule has 2 unspecified atom stereocenters. The number of fused-ring (bicyclic) bond motifs is 1. The number of nitrogen functional groups attached to an aromatic ring is 1. The topological polar surface area (TPSA) is 26.0 Å². The molecule has 0 aromatic heterocycles. The van der Waals surface area contributed by atoms with E-state index in [0.717, 1.165) is 5.69 Å². The predicted octanol–water partition coefficient (Wildman–Crippen LogP) is 3.25. The zero-order valence-electron chi connectivity index (χ0n) is 8.69. The van der Waals surface area contributed by atoms with Gasteiger partial charge in [-0.15, -0.1) is 0 Å². The number of hydrogen-bond donors (Lipinski definition) is 1. The van der Waals surface area contributed by atoms with Crippen molar-refractivity contribution in [3.8, 4) is 0 Å². The minimum absolute atomic E-state index is 0.597. The second kappa shape index (κ2) is 3.27. The molecule has 0 heterocycles. The molecule has 2 N–H and O–H groups in total. The summed E-state index contributed by atoms with van der Waals surface area (Å²) in [5, 5.41) is 0. The average molecular weight is 197 g/mol. The van der Waals surface area contributed by atoms with E-state index in [0.29, 0.717) is 11.8 Å². The molecular weight excluding hydrogens is 182 g/mol. The highest BCUT2D eigenvalue weighted by Crippen LogP contribution is 2.41. The van der Waals surface area contributed by atoms with Gasteiger partial charge in [-0.05, 0) is 30.4 Å². The lowest BCUT2D eigenvalue weighted by Crippen LogP contribution is -2.16. The van der Waals surface area contributed by atoms with Gasteiger partial charge in [-0.1, -0.05) is 36.4 Å². The largest absolute Gasteiger partial charge is 0.398 e. The highest BCUT2D eigenvalue weighted by molar-refractivity contribution is 5.78. The summed E-state index contributed by atoms with van der Waals surface area (Å²) >= 11 is 0. The molecule has 1 aromatic rings. The van der Waals surface area contributed by atoms with Gasteiger partial charge in [0.25, 0.3) is 0 Å². The highest BCUT2D eigenvalue weighted by atomic mass is 14.6. The van der Waals surface area contributed by atoms with Gasteiger partial charge in [-0.2, -0.15) is 0 Å². The molecule has 0 saturated heterocycles. The Kier molecular flexibility index (Phi) is 1.91. The lowest BCUT2D eigenvalue weighted by Gasteiger charge is -2.31. The van der Waals surface area contributed by atoms with Gasteiger partial charge in [0.15, 0.2) is 0 Å². The summed E-state index contributed by atoms with van der Waals surface area (Å²) in [4.78, 5) is 0. The lowest BCUT2D eigenvalue weighted by molar-refractivity contribution is 0.543. The third-order valence-electron chi connectivity index (χ3n) is 3.47. The van der Waals surface area contributed by atoms with Crippen LogP contribution < -0.4 is 5.73 Å². The Hall–Kier alpha value is -1.50. The maximum Gasteiger partial charge on any atom is 0.0390 e. The van der Waals surface area contributed by atoms with Crippen LogP contribution >= 0.6 is 0 Å². The van der Waals surface area contributed by atoms with Crippen molar-refractivity contribution < 1.29 is 0 Å². The van der Waals surface area contributed by atoms with E-state index >= 15 is 0 Å². The molecule has 0 aliphatic heterocycles. The van der Waals surface area contributed by atoms with Crippen LogP contribution in [0.3, 0.4) is 0 Å². The van der Waals surface area contributed by atoms with E-state index < -0.39 is 0 Å². The molecule has 76 valence electrons. The van der Waals surface area contributed by atoms with Gasteiger partial charge in [0, 0.05) is 17.2 Å². The van der Waals surface area contributed by atoms with Crippen molar-refractivity contribution in [1.29, 1.82) is 0 Å². The molecule has 3 aliphatic rings. The van der Waals surface area contributed by atoms with Gasteiger partial charge in [0.05, 0.1) is 0 Å². The molecular formula is C14H15N. The minimum atomic E-state index is 0.597. The molecule has 1 nitrogen and oxygen atoms in total. The van der Waals surface area contributed by atoms with Crippen LogP contribution in [-0.2, 0) is 0 Å². The van der Waals surface area contributed by atoms with E-state index in [2.05, 4.69) is 30.4 Å². The summed E-state index contributed by atoms with van der Waals surface area (Å²) in [5.41, 5.74) is 9.60. The van der Waals surface area contributed by atoms with Crippen LogP contribution in [0.1, 0.15) is 18.4 Å². The molecule has 15 heavy (non-hydrogen) atoms. The number of nitrogens with two attached hydrogens (primary N) is 1. The quantitative estimate of drug-likeness (QED) is 0.543. The normalized spacial score (nSPS) is 27.9. The number of para-hydroxylation sites is 1. The Morgan fingerprint density at radius 1 is 1.07 bits per heavy atom. The molecule has 0 fully saturated rings. The average Bonchev–Trinajstić information content (AvgIpc) is 2.31. The molecule has 2 atom stereocenters. The second-order valence-electron chi connectivity index (χ2n) is 4.44. The van der Waals surface area contributed by atoms with E-state index in [1.807, 2.05) is 12.1 Å². The van der Waals surface area contributed by atoms with Crippen LogP contribution in [0.2, 0.25) is 0 Å². The molecule has 3 aliphatic carbocycles. The van der Waals surface area contributed by atoms with E-state index in [-0.39, 0.29) is 0 Å². The Balaban J connectivity index is 2.06. The Labute approximate surface area is 90.3 Å². The number of rotatable bonds is 1. The van der Waals surface area contributed by atoms with Gasteiger partial charge in [0.1, 0.15) is 0 Å². The summed E-state index contributed by atoms with van der Waals surface area (Å²) in [7, 11) is 0. The van der Waals surface area contributed by atoms with Crippen molar-refractivity contribution in [3.05, 3.63) is 48.1 Å². The maximum atomic E-state index is 6.02. The Morgan fingerprint density at radius 3 is 2.53 bits per heavy atom. The first-order valence-corrected chi connectivity index (χ1v) is 5.59. The zero-order chi connectivity index (χ0) is 10.3. The van der Waals surface area contributed by atoms with Crippen molar-refractivity contribution in [1.82, 2.24) is 0 Å². The van der Waals surface area contributed by atoms with Crippen molar-refractivity contribution >= 4 is 11.3 Å². The van der Waals surface area contributed by atoms with Gasteiger partial charge in [0.2, 0.25) is 0 Å². The molecule has 0 spiro atoms. The van der Waals surface area contributed by atoms with Gasteiger partial charge < -0.3 is 5.73 Å². The van der Waals surface area contributed by atoms with Gasteiger partial charge >= 0.3 is 0 Å². The first-order valence-electron chi connectivity index (χ1n) is 5.59. The SMILES string of the molecule is Nc1ccccc1C1=CC2C=CC1CC2. The van der Waals surface area contributed by atoms with Crippen LogP contribution in [0.25, 0.3) is 5.57 Å². The monoisotopic (exact) mass is 197 g/mol. The fourth-order valence-corrected chi connectivity index (χ4v) is 2.64. The number of hydrogen-bond acceptors (Lipinski definition) is 1. The smallest absolute Gasteiger partial charge is 0.0390 e. The second-order valence-corrected chi connectivity index (χ2v) is 4.44. The van der Waals surface area contributed by atoms with Crippen LogP contribution in [0.4, 0.5) is 5.69 Å². The van der Waals surface area contributed by atoms with E-state index in [9.17, 15) is 0 Å². The number of anilines is 1. The van der Waals surface area contributed by atoms with Crippen LogP contribution in [0.5, 0.6) is 0 Å². The molecule has 0 amide bonds. The number of allylic oxidation sites excluding steroid dienone is 4. The van der Waals surface area contributed by atoms with E-state index in [1.54, 1.807) is 0 Å². The Bertz CT molecular complexity index is 442. The molecule has 1 heteroatoms. The fourth-order valence-electron chi connectivity index (χ4n) is 2.64. The third-order valence-corrected chi connectivity index (χ3v) is 3.47. The summed E-state index contributed by atoms with van der Waals surface area (Å²) in [5.74, 6) is 1.24. The molecule has 0 radical (unpaired) electrons.